The average molecular weight is 280 g/mol. The van der Waals surface area contributed by atoms with Crippen molar-refractivity contribution in [3.8, 4) is 5.75 Å². The monoisotopic (exact) mass is 280 g/mol. The zero-order valence-electron chi connectivity index (χ0n) is 12.8. The van der Waals surface area contributed by atoms with Crippen LogP contribution in [0.2, 0.25) is 0 Å². The molecule has 0 radical (unpaired) electrons. The third-order valence-corrected chi connectivity index (χ3v) is 2.76. The Bertz CT molecular complexity index is 448. The number of benzene rings is 1. The number of hydrogen-bond acceptors (Lipinski definition) is 4. The minimum Gasteiger partial charge on any atom is -0.494 e. The minimum absolute atomic E-state index is 0.410. The highest BCUT2D eigenvalue weighted by Crippen LogP contribution is 2.27. The van der Waals surface area contributed by atoms with Crippen LogP contribution in [0.1, 0.15) is 46.3 Å². The molecule has 0 aliphatic carbocycles. The maximum Gasteiger partial charge on any atom is 0.312 e. The summed E-state index contributed by atoms with van der Waals surface area (Å²) in [7, 11) is 0. The third kappa shape index (κ3) is 4.85. The number of carbonyl (C=O) groups excluding carboxylic acids is 1. The summed E-state index contributed by atoms with van der Waals surface area (Å²) in [5, 5.41) is 10.3. The summed E-state index contributed by atoms with van der Waals surface area (Å²) in [5.74, 6) is -0.363. The number of ether oxygens (including phenoxy) is 2. The predicted octanol–water partition coefficient (Wildman–Crippen LogP) is 3.10. The number of carbonyl (C=O) groups is 1. The van der Waals surface area contributed by atoms with Crippen molar-refractivity contribution in [1.82, 2.24) is 0 Å². The fraction of sp³-hybridized carbons (Fsp3) is 0.562. The quantitative estimate of drug-likeness (QED) is 0.842. The first kappa shape index (κ1) is 16.5. The molecule has 2 atom stereocenters. The van der Waals surface area contributed by atoms with Gasteiger partial charge in [-0.15, -0.1) is 0 Å². The van der Waals surface area contributed by atoms with E-state index >= 15 is 0 Å². The van der Waals surface area contributed by atoms with E-state index in [1.54, 1.807) is 45.9 Å². The maximum atomic E-state index is 12.0. The molecule has 0 bridgehead atoms. The maximum absolute atomic E-state index is 12.0. The second-order valence-electron chi connectivity index (χ2n) is 5.77. The SMILES string of the molecule is CCOc1cccc(C(O)C(C)C(=O)OC(C)(C)C)c1. The number of esters is 1. The zero-order valence-corrected chi connectivity index (χ0v) is 12.8. The Morgan fingerprint density at radius 1 is 1.35 bits per heavy atom. The van der Waals surface area contributed by atoms with Crippen LogP contribution in [0.3, 0.4) is 0 Å². The number of hydrogen-bond donors (Lipinski definition) is 1. The first-order valence-corrected chi connectivity index (χ1v) is 6.88. The van der Waals surface area contributed by atoms with Gasteiger partial charge < -0.3 is 14.6 Å². The topological polar surface area (TPSA) is 55.8 Å². The smallest absolute Gasteiger partial charge is 0.312 e. The molecule has 0 aromatic heterocycles. The van der Waals surface area contributed by atoms with Crippen molar-refractivity contribution in [3.05, 3.63) is 29.8 Å². The van der Waals surface area contributed by atoms with Gasteiger partial charge in [-0.25, -0.2) is 0 Å². The van der Waals surface area contributed by atoms with Crippen molar-refractivity contribution >= 4 is 5.97 Å². The molecule has 2 unspecified atom stereocenters. The Labute approximate surface area is 120 Å². The van der Waals surface area contributed by atoms with Crippen molar-refractivity contribution in [2.24, 2.45) is 5.92 Å². The summed E-state index contributed by atoms with van der Waals surface area (Å²) >= 11 is 0. The summed E-state index contributed by atoms with van der Waals surface area (Å²) in [6, 6.07) is 7.13. The van der Waals surface area contributed by atoms with Gasteiger partial charge in [0.2, 0.25) is 0 Å². The van der Waals surface area contributed by atoms with Crippen LogP contribution in [0, 0.1) is 5.92 Å². The molecule has 1 N–H and O–H groups in total. The molecular formula is C16H24O4. The third-order valence-electron chi connectivity index (χ3n) is 2.76. The van der Waals surface area contributed by atoms with Crippen molar-refractivity contribution in [1.29, 1.82) is 0 Å². The van der Waals surface area contributed by atoms with E-state index in [-0.39, 0.29) is 0 Å². The van der Waals surface area contributed by atoms with Crippen LogP contribution in [0.4, 0.5) is 0 Å². The number of rotatable bonds is 5. The molecule has 0 fully saturated rings. The number of aliphatic hydroxyl groups excluding tert-OH is 1. The van der Waals surface area contributed by atoms with E-state index < -0.39 is 23.6 Å². The molecule has 4 heteroatoms. The lowest BCUT2D eigenvalue weighted by atomic mass is 9.97. The molecule has 1 aromatic carbocycles. The highest BCUT2D eigenvalue weighted by molar-refractivity contribution is 5.73. The molecule has 0 spiro atoms. The van der Waals surface area contributed by atoms with Crippen LogP contribution in [-0.4, -0.2) is 23.3 Å². The molecule has 0 saturated carbocycles. The van der Waals surface area contributed by atoms with Gasteiger partial charge in [0.25, 0.3) is 0 Å². The largest absolute Gasteiger partial charge is 0.494 e. The molecule has 0 amide bonds. The average Bonchev–Trinajstić information content (AvgIpc) is 2.35. The Morgan fingerprint density at radius 3 is 2.55 bits per heavy atom. The standard InChI is InChI=1S/C16H24O4/c1-6-19-13-9-7-8-12(10-13)14(17)11(2)15(18)20-16(3,4)5/h7-11,14,17H,6H2,1-5H3. The minimum atomic E-state index is -0.912. The molecule has 0 aliphatic rings. The molecule has 0 aliphatic heterocycles. The molecule has 112 valence electrons. The van der Waals surface area contributed by atoms with E-state index in [0.717, 1.165) is 0 Å². The van der Waals surface area contributed by atoms with E-state index in [9.17, 15) is 9.90 Å². The predicted molar refractivity (Wildman–Crippen MR) is 77.6 cm³/mol. The Kier molecular flexibility index (Phi) is 5.57. The van der Waals surface area contributed by atoms with Crippen LogP contribution in [0.25, 0.3) is 0 Å². The summed E-state index contributed by atoms with van der Waals surface area (Å²) in [4.78, 5) is 12.0. The Balaban J connectivity index is 2.80. The van der Waals surface area contributed by atoms with Crippen LogP contribution in [0.5, 0.6) is 5.75 Å². The van der Waals surface area contributed by atoms with E-state index in [4.69, 9.17) is 9.47 Å². The summed E-state index contributed by atoms with van der Waals surface area (Å²) in [6.45, 7) is 9.53. The van der Waals surface area contributed by atoms with Crippen LogP contribution in [0.15, 0.2) is 24.3 Å². The van der Waals surface area contributed by atoms with Gasteiger partial charge in [0, 0.05) is 0 Å². The van der Waals surface area contributed by atoms with Crippen molar-refractivity contribution < 1.29 is 19.4 Å². The lowest BCUT2D eigenvalue weighted by molar-refractivity contribution is -0.163. The van der Waals surface area contributed by atoms with Gasteiger partial charge in [0.1, 0.15) is 11.4 Å². The fourth-order valence-corrected chi connectivity index (χ4v) is 1.77. The van der Waals surface area contributed by atoms with Gasteiger partial charge in [-0.1, -0.05) is 12.1 Å². The van der Waals surface area contributed by atoms with Gasteiger partial charge >= 0.3 is 5.97 Å². The lowest BCUT2D eigenvalue weighted by Crippen LogP contribution is -2.30. The molecular weight excluding hydrogens is 256 g/mol. The first-order valence-electron chi connectivity index (χ1n) is 6.88. The van der Waals surface area contributed by atoms with E-state index in [0.29, 0.717) is 17.9 Å². The molecule has 0 saturated heterocycles. The lowest BCUT2D eigenvalue weighted by Gasteiger charge is -2.24. The second kappa shape index (κ2) is 6.75. The highest BCUT2D eigenvalue weighted by atomic mass is 16.6. The summed E-state index contributed by atoms with van der Waals surface area (Å²) in [6.07, 6.45) is -0.912. The summed E-state index contributed by atoms with van der Waals surface area (Å²) < 4.78 is 10.7. The first-order chi connectivity index (χ1) is 9.24. The molecule has 4 nitrogen and oxygen atoms in total. The summed E-state index contributed by atoms with van der Waals surface area (Å²) in [5.41, 5.74) is 0.0902. The zero-order chi connectivity index (χ0) is 15.3. The van der Waals surface area contributed by atoms with E-state index in [1.807, 2.05) is 13.0 Å². The van der Waals surface area contributed by atoms with Crippen molar-refractivity contribution in [2.45, 2.75) is 46.3 Å². The van der Waals surface area contributed by atoms with E-state index in [1.165, 1.54) is 0 Å². The van der Waals surface area contributed by atoms with Gasteiger partial charge in [0.05, 0.1) is 18.6 Å². The normalized spacial score (nSPS) is 14.5. The Hall–Kier alpha value is -1.55. The van der Waals surface area contributed by atoms with Crippen LogP contribution in [-0.2, 0) is 9.53 Å². The van der Waals surface area contributed by atoms with Crippen LogP contribution < -0.4 is 4.74 Å². The molecule has 1 rings (SSSR count). The molecule has 20 heavy (non-hydrogen) atoms. The Morgan fingerprint density at radius 2 is 2.00 bits per heavy atom. The fourth-order valence-electron chi connectivity index (χ4n) is 1.77. The van der Waals surface area contributed by atoms with Gasteiger partial charge in [0.15, 0.2) is 0 Å². The van der Waals surface area contributed by atoms with Gasteiger partial charge in [-0.2, -0.15) is 0 Å². The van der Waals surface area contributed by atoms with Crippen LogP contribution >= 0.6 is 0 Å². The molecule has 0 heterocycles. The van der Waals surface area contributed by atoms with Crippen molar-refractivity contribution in [2.75, 3.05) is 6.61 Å². The van der Waals surface area contributed by atoms with Gasteiger partial charge in [-0.05, 0) is 52.3 Å². The molecule has 1 aromatic rings. The van der Waals surface area contributed by atoms with Crippen molar-refractivity contribution in [3.63, 3.8) is 0 Å². The second-order valence-corrected chi connectivity index (χ2v) is 5.77. The number of aliphatic hydroxyl groups is 1. The van der Waals surface area contributed by atoms with E-state index in [2.05, 4.69) is 0 Å². The highest BCUT2D eigenvalue weighted by Gasteiger charge is 2.28. The van der Waals surface area contributed by atoms with Gasteiger partial charge in [-0.3, -0.25) is 4.79 Å².